The van der Waals surface area contributed by atoms with E-state index >= 15 is 0 Å². The first-order valence-corrected chi connectivity index (χ1v) is 5.54. The highest BCUT2D eigenvalue weighted by molar-refractivity contribution is 7.13. The normalized spacial score (nSPS) is 16.3. The van der Waals surface area contributed by atoms with Gasteiger partial charge in [0.1, 0.15) is 0 Å². The molecule has 2 heterocycles. The molecule has 0 N–H and O–H groups in total. The van der Waals surface area contributed by atoms with Gasteiger partial charge < -0.3 is 4.57 Å². The number of hydrogen-bond acceptors (Lipinski definition) is 1. The largest absolute Gasteiger partial charge is 0.344 e. The molecule has 0 unspecified atom stereocenters. The lowest BCUT2D eigenvalue weighted by atomic mass is 10.3. The molecule has 66 valence electrons. The molecule has 2 heteroatoms. The maximum atomic E-state index is 2.41. The van der Waals surface area contributed by atoms with Crippen molar-refractivity contribution in [1.29, 1.82) is 0 Å². The summed E-state index contributed by atoms with van der Waals surface area (Å²) in [6.07, 6.45) is 4.91. The van der Waals surface area contributed by atoms with Gasteiger partial charge in [0.25, 0.3) is 0 Å². The lowest BCUT2D eigenvalue weighted by molar-refractivity contribution is 0.757. The lowest BCUT2D eigenvalue weighted by Crippen LogP contribution is -1.92. The van der Waals surface area contributed by atoms with Crippen LogP contribution in [0.4, 0.5) is 0 Å². The fourth-order valence-corrected chi connectivity index (χ4v) is 2.45. The van der Waals surface area contributed by atoms with Crippen LogP contribution in [-0.2, 0) is 0 Å². The minimum absolute atomic E-state index is 0.784. The number of hydrogen-bond donors (Lipinski definition) is 0. The van der Waals surface area contributed by atoms with Crippen molar-refractivity contribution in [3.8, 4) is 10.6 Å². The van der Waals surface area contributed by atoms with Crippen molar-refractivity contribution in [2.45, 2.75) is 18.9 Å². The number of aromatic nitrogens is 1. The van der Waals surface area contributed by atoms with Gasteiger partial charge in [-0.3, -0.25) is 0 Å². The predicted octanol–water partition coefficient (Wildman–Crippen LogP) is 3.55. The molecule has 2 aromatic rings. The van der Waals surface area contributed by atoms with Crippen LogP contribution in [0, 0.1) is 0 Å². The van der Waals surface area contributed by atoms with E-state index in [0.29, 0.717) is 0 Å². The van der Waals surface area contributed by atoms with Crippen LogP contribution in [-0.4, -0.2) is 4.57 Å². The second kappa shape index (κ2) is 2.74. The van der Waals surface area contributed by atoms with Gasteiger partial charge in [-0.2, -0.15) is 0 Å². The summed E-state index contributed by atoms with van der Waals surface area (Å²) >= 11 is 1.82. The second-order valence-corrected chi connectivity index (χ2v) is 4.46. The Balaban J connectivity index is 2.08. The summed E-state index contributed by atoms with van der Waals surface area (Å²) in [5.74, 6) is 0. The van der Waals surface area contributed by atoms with Gasteiger partial charge in [-0.25, -0.2) is 0 Å². The number of rotatable bonds is 2. The first-order valence-electron chi connectivity index (χ1n) is 4.66. The zero-order valence-corrected chi connectivity index (χ0v) is 8.13. The molecule has 0 aromatic carbocycles. The van der Waals surface area contributed by atoms with Crippen molar-refractivity contribution >= 4 is 11.3 Å². The van der Waals surface area contributed by atoms with Crippen molar-refractivity contribution in [3.05, 3.63) is 35.8 Å². The van der Waals surface area contributed by atoms with E-state index in [1.165, 1.54) is 23.4 Å². The molecule has 0 saturated heterocycles. The van der Waals surface area contributed by atoms with Crippen LogP contribution in [0.2, 0.25) is 0 Å². The molecule has 0 bridgehead atoms. The fraction of sp³-hybridized carbons (Fsp3) is 0.273. The Labute approximate surface area is 81.6 Å². The number of nitrogens with zero attached hydrogens (tertiary/aromatic N) is 1. The minimum Gasteiger partial charge on any atom is -0.344 e. The minimum atomic E-state index is 0.784. The van der Waals surface area contributed by atoms with E-state index in [0.717, 1.165) is 6.04 Å². The van der Waals surface area contributed by atoms with Crippen LogP contribution in [0.15, 0.2) is 35.8 Å². The van der Waals surface area contributed by atoms with Crippen LogP contribution in [0.3, 0.4) is 0 Å². The highest BCUT2D eigenvalue weighted by Crippen LogP contribution is 2.39. The van der Waals surface area contributed by atoms with Gasteiger partial charge >= 0.3 is 0 Å². The Kier molecular flexibility index (Phi) is 1.56. The van der Waals surface area contributed by atoms with Gasteiger partial charge in [0, 0.05) is 12.2 Å². The average Bonchev–Trinajstić information content (AvgIpc) is 2.72. The van der Waals surface area contributed by atoms with Crippen LogP contribution in [0.5, 0.6) is 0 Å². The van der Waals surface area contributed by atoms with Gasteiger partial charge in [-0.15, -0.1) is 11.3 Å². The molecule has 1 fully saturated rings. The summed E-state index contributed by atoms with van der Waals surface area (Å²) in [4.78, 5) is 1.39. The Hall–Kier alpha value is -1.02. The van der Waals surface area contributed by atoms with Crippen molar-refractivity contribution in [2.75, 3.05) is 0 Å². The molecule has 0 atom stereocenters. The Morgan fingerprint density at radius 1 is 1.23 bits per heavy atom. The van der Waals surface area contributed by atoms with Gasteiger partial charge in [-0.1, -0.05) is 6.07 Å². The molecule has 0 radical (unpaired) electrons. The van der Waals surface area contributed by atoms with Crippen molar-refractivity contribution in [2.24, 2.45) is 0 Å². The van der Waals surface area contributed by atoms with Gasteiger partial charge in [-0.05, 0) is 36.4 Å². The third-order valence-electron chi connectivity index (χ3n) is 2.49. The lowest BCUT2D eigenvalue weighted by Gasteiger charge is -2.04. The zero-order valence-electron chi connectivity index (χ0n) is 7.31. The van der Waals surface area contributed by atoms with Crippen LogP contribution < -0.4 is 0 Å². The molecule has 1 nitrogen and oxygen atoms in total. The van der Waals surface area contributed by atoms with Crippen molar-refractivity contribution < 1.29 is 0 Å². The quantitative estimate of drug-likeness (QED) is 0.681. The van der Waals surface area contributed by atoms with E-state index < -0.39 is 0 Å². The smallest absolute Gasteiger partial charge is 0.0584 e. The molecule has 13 heavy (non-hydrogen) atoms. The van der Waals surface area contributed by atoms with Crippen LogP contribution in [0.1, 0.15) is 18.9 Å². The Bertz CT molecular complexity index is 395. The Morgan fingerprint density at radius 3 is 2.85 bits per heavy atom. The molecule has 0 aliphatic heterocycles. The van der Waals surface area contributed by atoms with E-state index in [4.69, 9.17) is 0 Å². The van der Waals surface area contributed by atoms with Crippen molar-refractivity contribution in [3.63, 3.8) is 0 Å². The maximum Gasteiger partial charge on any atom is 0.0584 e. The molecular formula is C11H11NS. The SMILES string of the molecule is c1csc(-c2cccn2C2CC2)c1. The van der Waals surface area contributed by atoms with E-state index in [-0.39, 0.29) is 0 Å². The predicted molar refractivity (Wildman–Crippen MR) is 56.0 cm³/mol. The highest BCUT2D eigenvalue weighted by Gasteiger charge is 2.24. The molecule has 1 saturated carbocycles. The molecule has 1 aliphatic carbocycles. The third-order valence-corrected chi connectivity index (χ3v) is 3.39. The Morgan fingerprint density at radius 2 is 2.15 bits per heavy atom. The topological polar surface area (TPSA) is 4.93 Å². The number of thiophene rings is 1. The fourth-order valence-electron chi connectivity index (χ4n) is 1.70. The summed E-state index contributed by atoms with van der Waals surface area (Å²) in [6.45, 7) is 0. The maximum absolute atomic E-state index is 2.41. The molecule has 1 aliphatic rings. The molecular weight excluding hydrogens is 178 g/mol. The van der Waals surface area contributed by atoms with Crippen LogP contribution in [0.25, 0.3) is 10.6 Å². The van der Waals surface area contributed by atoms with E-state index in [1.807, 2.05) is 11.3 Å². The summed E-state index contributed by atoms with van der Waals surface area (Å²) in [7, 11) is 0. The standard InChI is InChI=1S/C11H11NS/c1-3-10(11-4-2-8-13-11)12(7-1)9-5-6-9/h1-4,7-9H,5-6H2. The summed E-state index contributed by atoms with van der Waals surface area (Å²) in [5.41, 5.74) is 1.39. The van der Waals surface area contributed by atoms with Gasteiger partial charge in [0.05, 0.1) is 10.6 Å². The van der Waals surface area contributed by atoms with Crippen LogP contribution >= 0.6 is 11.3 Å². The highest BCUT2D eigenvalue weighted by atomic mass is 32.1. The third kappa shape index (κ3) is 1.22. The summed E-state index contributed by atoms with van der Waals surface area (Å²) in [6, 6.07) is 9.45. The van der Waals surface area contributed by atoms with E-state index in [9.17, 15) is 0 Å². The molecule has 0 amide bonds. The average molecular weight is 189 g/mol. The molecule has 3 rings (SSSR count). The second-order valence-electron chi connectivity index (χ2n) is 3.51. The molecule has 0 spiro atoms. The first-order chi connectivity index (χ1) is 6.45. The zero-order chi connectivity index (χ0) is 8.67. The van der Waals surface area contributed by atoms with Gasteiger partial charge in [0.15, 0.2) is 0 Å². The molecule has 2 aromatic heterocycles. The monoisotopic (exact) mass is 189 g/mol. The van der Waals surface area contributed by atoms with Crippen molar-refractivity contribution in [1.82, 2.24) is 4.57 Å². The van der Waals surface area contributed by atoms with Gasteiger partial charge in [0.2, 0.25) is 0 Å². The first kappa shape index (κ1) is 7.39. The summed E-state index contributed by atoms with van der Waals surface area (Å²) < 4.78 is 2.41. The van der Waals surface area contributed by atoms with E-state index in [1.54, 1.807) is 0 Å². The van der Waals surface area contributed by atoms with E-state index in [2.05, 4.69) is 40.4 Å². The summed E-state index contributed by atoms with van der Waals surface area (Å²) in [5, 5.41) is 2.14.